The van der Waals surface area contributed by atoms with E-state index in [1.165, 1.54) is 0 Å². The molecule has 1 heterocycles. The molecule has 1 aliphatic heterocycles. The Labute approximate surface area is 85.1 Å². The lowest BCUT2D eigenvalue weighted by molar-refractivity contribution is 0.0301. The lowest BCUT2D eigenvalue weighted by Crippen LogP contribution is -2.41. The van der Waals surface area contributed by atoms with Crippen LogP contribution in [0.2, 0.25) is 0 Å². The first-order valence-corrected chi connectivity index (χ1v) is 5.05. The second-order valence-electron chi connectivity index (χ2n) is 3.84. The number of ether oxygens (including phenoxy) is 1. The highest BCUT2D eigenvalue weighted by molar-refractivity contribution is 4.88. The van der Waals surface area contributed by atoms with Crippen molar-refractivity contribution in [3.05, 3.63) is 0 Å². The van der Waals surface area contributed by atoms with Crippen LogP contribution in [0.3, 0.4) is 0 Å². The predicted octanol–water partition coefficient (Wildman–Crippen LogP) is 0.229. The van der Waals surface area contributed by atoms with Gasteiger partial charge in [-0.3, -0.25) is 4.90 Å². The van der Waals surface area contributed by atoms with E-state index >= 15 is 0 Å². The summed E-state index contributed by atoms with van der Waals surface area (Å²) in [5, 5.41) is 18.3. The minimum Gasteiger partial charge on any atom is -0.389 e. The van der Waals surface area contributed by atoms with Crippen LogP contribution >= 0.6 is 0 Å². The summed E-state index contributed by atoms with van der Waals surface area (Å²) in [6, 6.07) is 2.28. The van der Waals surface area contributed by atoms with Crippen LogP contribution in [0.5, 0.6) is 0 Å². The fourth-order valence-electron chi connectivity index (χ4n) is 1.87. The molecular formula is C10H18N2O2. The van der Waals surface area contributed by atoms with Gasteiger partial charge < -0.3 is 9.84 Å². The van der Waals surface area contributed by atoms with Gasteiger partial charge in [0.2, 0.25) is 0 Å². The van der Waals surface area contributed by atoms with Crippen LogP contribution in [0.1, 0.15) is 12.8 Å². The third-order valence-corrected chi connectivity index (χ3v) is 2.52. The standard InChI is InChI=1S/C10H18N2O2/c1-14-8-10(13)7-12-4-2-3-9(5-11)6-12/h9-10,13H,2-4,6-8H2,1H3. The average Bonchev–Trinajstić information content (AvgIpc) is 2.18. The molecule has 4 heteroatoms. The van der Waals surface area contributed by atoms with Gasteiger partial charge in [-0.25, -0.2) is 0 Å². The first-order chi connectivity index (χ1) is 6.76. The molecule has 4 nitrogen and oxygen atoms in total. The zero-order chi connectivity index (χ0) is 10.4. The number of nitriles is 1. The van der Waals surface area contributed by atoms with E-state index < -0.39 is 6.10 Å². The molecule has 0 aromatic carbocycles. The summed E-state index contributed by atoms with van der Waals surface area (Å²) >= 11 is 0. The molecule has 0 spiro atoms. The van der Waals surface area contributed by atoms with Crippen LogP contribution in [-0.2, 0) is 4.74 Å². The molecule has 0 aromatic heterocycles. The number of rotatable bonds is 4. The van der Waals surface area contributed by atoms with Gasteiger partial charge >= 0.3 is 0 Å². The third kappa shape index (κ3) is 3.62. The van der Waals surface area contributed by atoms with Gasteiger partial charge in [-0.05, 0) is 19.4 Å². The lowest BCUT2D eigenvalue weighted by Gasteiger charge is -2.30. The highest BCUT2D eigenvalue weighted by Crippen LogP contribution is 2.15. The van der Waals surface area contributed by atoms with Crippen molar-refractivity contribution in [2.75, 3.05) is 33.4 Å². The second-order valence-corrected chi connectivity index (χ2v) is 3.84. The van der Waals surface area contributed by atoms with Crippen LogP contribution in [0, 0.1) is 17.2 Å². The molecule has 0 aromatic rings. The topological polar surface area (TPSA) is 56.5 Å². The molecular weight excluding hydrogens is 180 g/mol. The maximum absolute atomic E-state index is 9.51. The quantitative estimate of drug-likeness (QED) is 0.702. The van der Waals surface area contributed by atoms with E-state index in [1.807, 2.05) is 0 Å². The molecule has 1 N–H and O–H groups in total. The Hall–Kier alpha value is -0.630. The van der Waals surface area contributed by atoms with Crippen molar-refractivity contribution in [3.63, 3.8) is 0 Å². The van der Waals surface area contributed by atoms with Gasteiger partial charge in [0.25, 0.3) is 0 Å². The number of methoxy groups -OCH3 is 1. The summed E-state index contributed by atoms with van der Waals surface area (Å²) in [6.45, 7) is 2.76. The Kier molecular flexibility index (Phi) is 4.88. The summed E-state index contributed by atoms with van der Waals surface area (Å²) in [5.74, 6) is 0.137. The van der Waals surface area contributed by atoms with E-state index in [4.69, 9.17) is 10.00 Å². The SMILES string of the molecule is COCC(O)CN1CCCC(C#N)C1. The minimum absolute atomic E-state index is 0.137. The summed E-state index contributed by atoms with van der Waals surface area (Å²) in [5.41, 5.74) is 0. The first-order valence-electron chi connectivity index (χ1n) is 5.05. The fraction of sp³-hybridized carbons (Fsp3) is 0.900. The van der Waals surface area contributed by atoms with E-state index in [2.05, 4.69) is 11.0 Å². The monoisotopic (exact) mass is 198 g/mol. The maximum atomic E-state index is 9.51. The molecule has 80 valence electrons. The van der Waals surface area contributed by atoms with Gasteiger partial charge in [0.05, 0.1) is 24.7 Å². The lowest BCUT2D eigenvalue weighted by atomic mass is 9.99. The van der Waals surface area contributed by atoms with Crippen molar-refractivity contribution in [2.24, 2.45) is 5.92 Å². The molecule has 0 radical (unpaired) electrons. The van der Waals surface area contributed by atoms with Crippen molar-refractivity contribution >= 4 is 0 Å². The van der Waals surface area contributed by atoms with E-state index in [0.29, 0.717) is 13.2 Å². The Bertz CT molecular complexity index is 203. The number of likely N-dealkylation sites (tertiary alicyclic amines) is 1. The molecule has 14 heavy (non-hydrogen) atoms. The molecule has 0 aliphatic carbocycles. The van der Waals surface area contributed by atoms with E-state index in [-0.39, 0.29) is 5.92 Å². The molecule has 0 bridgehead atoms. The summed E-state index contributed by atoms with van der Waals surface area (Å²) in [6.07, 6.45) is 1.61. The van der Waals surface area contributed by atoms with Crippen LogP contribution in [0.15, 0.2) is 0 Å². The average molecular weight is 198 g/mol. The van der Waals surface area contributed by atoms with E-state index in [0.717, 1.165) is 25.9 Å². The molecule has 1 saturated heterocycles. The minimum atomic E-state index is -0.433. The molecule has 2 atom stereocenters. The molecule has 0 amide bonds. The third-order valence-electron chi connectivity index (χ3n) is 2.52. The smallest absolute Gasteiger partial charge is 0.0900 e. The van der Waals surface area contributed by atoms with Gasteiger partial charge in [-0.2, -0.15) is 5.26 Å². The number of nitrogens with zero attached hydrogens (tertiary/aromatic N) is 2. The van der Waals surface area contributed by atoms with E-state index in [9.17, 15) is 5.11 Å². The Morgan fingerprint density at radius 2 is 2.50 bits per heavy atom. The molecule has 0 saturated carbocycles. The van der Waals surface area contributed by atoms with Crippen LogP contribution in [-0.4, -0.2) is 49.5 Å². The zero-order valence-electron chi connectivity index (χ0n) is 8.65. The summed E-state index contributed by atoms with van der Waals surface area (Å²) < 4.78 is 4.86. The van der Waals surface area contributed by atoms with Crippen molar-refractivity contribution in [2.45, 2.75) is 18.9 Å². The van der Waals surface area contributed by atoms with Crippen molar-refractivity contribution in [1.29, 1.82) is 5.26 Å². The molecule has 2 unspecified atom stereocenters. The first kappa shape index (κ1) is 11.4. The van der Waals surface area contributed by atoms with Crippen LogP contribution < -0.4 is 0 Å². The molecule has 1 aliphatic rings. The molecule has 1 fully saturated rings. The Morgan fingerprint density at radius 1 is 1.71 bits per heavy atom. The second kappa shape index (κ2) is 5.97. The van der Waals surface area contributed by atoms with Gasteiger partial charge in [0.15, 0.2) is 0 Å². The number of β-amino-alcohol motifs (C(OH)–C–C–N with tert-alkyl or cyclic N) is 1. The van der Waals surface area contributed by atoms with Gasteiger partial charge in [0.1, 0.15) is 0 Å². The normalized spacial score (nSPS) is 25.6. The summed E-state index contributed by atoms with van der Waals surface area (Å²) in [7, 11) is 1.58. The highest BCUT2D eigenvalue weighted by atomic mass is 16.5. The van der Waals surface area contributed by atoms with Gasteiger partial charge in [-0.15, -0.1) is 0 Å². The van der Waals surface area contributed by atoms with Crippen molar-refractivity contribution < 1.29 is 9.84 Å². The molecule has 1 rings (SSSR count). The van der Waals surface area contributed by atoms with Crippen LogP contribution in [0.25, 0.3) is 0 Å². The van der Waals surface area contributed by atoms with Crippen molar-refractivity contribution in [3.8, 4) is 6.07 Å². The van der Waals surface area contributed by atoms with Gasteiger partial charge in [-0.1, -0.05) is 0 Å². The Morgan fingerprint density at radius 3 is 3.14 bits per heavy atom. The number of piperidine rings is 1. The highest BCUT2D eigenvalue weighted by Gasteiger charge is 2.21. The van der Waals surface area contributed by atoms with Gasteiger partial charge in [0, 0.05) is 20.2 Å². The zero-order valence-corrected chi connectivity index (χ0v) is 8.65. The fourth-order valence-corrected chi connectivity index (χ4v) is 1.87. The largest absolute Gasteiger partial charge is 0.389 e. The number of hydrogen-bond acceptors (Lipinski definition) is 4. The summed E-state index contributed by atoms with van der Waals surface area (Å²) in [4.78, 5) is 2.14. The van der Waals surface area contributed by atoms with Crippen molar-refractivity contribution in [1.82, 2.24) is 4.90 Å². The number of aliphatic hydroxyl groups is 1. The predicted molar refractivity (Wildman–Crippen MR) is 52.7 cm³/mol. The number of aliphatic hydroxyl groups excluding tert-OH is 1. The van der Waals surface area contributed by atoms with E-state index in [1.54, 1.807) is 7.11 Å². The maximum Gasteiger partial charge on any atom is 0.0900 e. The van der Waals surface area contributed by atoms with Crippen LogP contribution in [0.4, 0.5) is 0 Å². The Balaban J connectivity index is 2.27. The number of hydrogen-bond donors (Lipinski definition) is 1.